The average Bonchev–Trinajstić information content (AvgIpc) is 2.48. The molecule has 0 saturated carbocycles. The Bertz CT molecular complexity index is 691. The molecule has 7 heteroatoms. The van der Waals surface area contributed by atoms with E-state index in [0.717, 1.165) is 0 Å². The Labute approximate surface area is 137 Å². The van der Waals surface area contributed by atoms with Gasteiger partial charge in [0.1, 0.15) is 11.5 Å². The number of hydrogen-bond acceptors (Lipinski definition) is 4. The standard InChI is InChI=1S/C15H13Cl2NO4/c1-21-7-6-10-8-12(3-4-14(10)18(19)20)22-15-5-2-11(16)9-13(15)17/h2-5,8-9H,6-7H2,1H3. The third-order valence-corrected chi connectivity index (χ3v) is 3.48. The Morgan fingerprint density at radius 3 is 2.59 bits per heavy atom. The third kappa shape index (κ3) is 4.10. The van der Waals surface area contributed by atoms with Gasteiger partial charge < -0.3 is 9.47 Å². The molecule has 0 spiro atoms. The van der Waals surface area contributed by atoms with Crippen molar-refractivity contribution in [2.24, 2.45) is 0 Å². The molecule has 0 heterocycles. The molecule has 0 aromatic heterocycles. The van der Waals surface area contributed by atoms with E-state index < -0.39 is 4.92 Å². The summed E-state index contributed by atoms with van der Waals surface area (Å²) in [6, 6.07) is 9.40. The number of nitro benzene ring substituents is 1. The maximum Gasteiger partial charge on any atom is 0.272 e. The molecule has 0 atom stereocenters. The molecule has 22 heavy (non-hydrogen) atoms. The number of rotatable bonds is 6. The molecule has 0 aliphatic carbocycles. The van der Waals surface area contributed by atoms with Gasteiger partial charge in [-0.25, -0.2) is 0 Å². The number of ether oxygens (including phenoxy) is 2. The van der Waals surface area contributed by atoms with E-state index in [1.165, 1.54) is 12.1 Å². The molecule has 2 aromatic rings. The first-order valence-corrected chi connectivity index (χ1v) is 7.16. The first kappa shape index (κ1) is 16.5. The van der Waals surface area contributed by atoms with Crippen LogP contribution < -0.4 is 4.74 Å². The van der Waals surface area contributed by atoms with Crippen molar-refractivity contribution >= 4 is 28.9 Å². The van der Waals surface area contributed by atoms with Crippen molar-refractivity contribution < 1.29 is 14.4 Å². The first-order valence-electron chi connectivity index (χ1n) is 6.40. The van der Waals surface area contributed by atoms with E-state index in [2.05, 4.69) is 0 Å². The van der Waals surface area contributed by atoms with Crippen molar-refractivity contribution in [1.29, 1.82) is 0 Å². The molecule has 116 valence electrons. The molecule has 0 saturated heterocycles. The van der Waals surface area contributed by atoms with E-state index in [0.29, 0.717) is 40.1 Å². The highest BCUT2D eigenvalue weighted by Crippen LogP contribution is 2.33. The SMILES string of the molecule is COCCc1cc(Oc2ccc(Cl)cc2Cl)ccc1[N+](=O)[O-]. The zero-order chi connectivity index (χ0) is 16.1. The van der Waals surface area contributed by atoms with Gasteiger partial charge in [-0.1, -0.05) is 23.2 Å². The maximum atomic E-state index is 11.0. The third-order valence-electron chi connectivity index (χ3n) is 2.94. The van der Waals surface area contributed by atoms with Gasteiger partial charge in [0.25, 0.3) is 5.69 Å². The topological polar surface area (TPSA) is 61.6 Å². The fourth-order valence-corrected chi connectivity index (χ4v) is 2.35. The summed E-state index contributed by atoms with van der Waals surface area (Å²) in [5.41, 5.74) is 0.570. The molecule has 2 rings (SSSR count). The minimum Gasteiger partial charge on any atom is -0.456 e. The summed E-state index contributed by atoms with van der Waals surface area (Å²) in [7, 11) is 1.54. The van der Waals surface area contributed by atoms with Crippen molar-refractivity contribution in [2.75, 3.05) is 13.7 Å². The summed E-state index contributed by atoms with van der Waals surface area (Å²) in [4.78, 5) is 10.6. The molecule has 0 unspecified atom stereocenters. The van der Waals surface area contributed by atoms with Gasteiger partial charge in [-0.2, -0.15) is 0 Å². The Morgan fingerprint density at radius 1 is 1.18 bits per heavy atom. The molecule has 0 fully saturated rings. The van der Waals surface area contributed by atoms with Crippen LogP contribution in [-0.4, -0.2) is 18.6 Å². The van der Waals surface area contributed by atoms with Gasteiger partial charge >= 0.3 is 0 Å². The van der Waals surface area contributed by atoms with Crippen molar-refractivity contribution in [1.82, 2.24) is 0 Å². The maximum absolute atomic E-state index is 11.0. The van der Waals surface area contributed by atoms with Crippen LogP contribution in [0.1, 0.15) is 5.56 Å². The van der Waals surface area contributed by atoms with Crippen LogP contribution in [0.3, 0.4) is 0 Å². The Kier molecular flexibility index (Phi) is 5.60. The molecule has 0 bridgehead atoms. The van der Waals surface area contributed by atoms with Crippen LogP contribution in [0.5, 0.6) is 11.5 Å². The van der Waals surface area contributed by atoms with Gasteiger partial charge in [-0.05, 0) is 30.3 Å². The minimum atomic E-state index is -0.427. The normalized spacial score (nSPS) is 10.5. The lowest BCUT2D eigenvalue weighted by Crippen LogP contribution is -2.00. The predicted octanol–water partition coefficient (Wildman–Crippen LogP) is 4.88. The lowest BCUT2D eigenvalue weighted by Gasteiger charge is -2.10. The first-order chi connectivity index (χ1) is 10.5. The van der Waals surface area contributed by atoms with E-state index in [1.54, 1.807) is 31.4 Å². The Hall–Kier alpha value is -1.82. The second kappa shape index (κ2) is 7.45. The number of nitro groups is 1. The van der Waals surface area contributed by atoms with Crippen LogP contribution >= 0.6 is 23.2 Å². The second-order valence-electron chi connectivity index (χ2n) is 4.47. The van der Waals surface area contributed by atoms with Crippen molar-refractivity contribution in [3.63, 3.8) is 0 Å². The molecular weight excluding hydrogens is 329 g/mol. The van der Waals surface area contributed by atoms with Gasteiger partial charge in [0.2, 0.25) is 0 Å². The van der Waals surface area contributed by atoms with Crippen LogP contribution in [-0.2, 0) is 11.2 Å². The average molecular weight is 342 g/mol. The minimum absolute atomic E-state index is 0.0339. The smallest absolute Gasteiger partial charge is 0.272 e. The number of benzene rings is 2. The number of nitrogens with zero attached hydrogens (tertiary/aromatic N) is 1. The largest absolute Gasteiger partial charge is 0.456 e. The molecular formula is C15H13Cl2NO4. The molecule has 0 N–H and O–H groups in total. The highest BCUT2D eigenvalue weighted by Gasteiger charge is 2.15. The molecule has 0 aliphatic rings. The van der Waals surface area contributed by atoms with E-state index in [1.807, 2.05) is 0 Å². The highest BCUT2D eigenvalue weighted by atomic mass is 35.5. The second-order valence-corrected chi connectivity index (χ2v) is 5.31. The number of halogens is 2. The van der Waals surface area contributed by atoms with Crippen LogP contribution in [0, 0.1) is 10.1 Å². The van der Waals surface area contributed by atoms with Crippen LogP contribution in [0.4, 0.5) is 5.69 Å². The quantitative estimate of drug-likeness (QED) is 0.554. The van der Waals surface area contributed by atoms with Gasteiger partial charge in [0, 0.05) is 30.2 Å². The molecule has 2 aromatic carbocycles. The Balaban J connectivity index is 2.29. The van der Waals surface area contributed by atoms with E-state index in [9.17, 15) is 10.1 Å². The summed E-state index contributed by atoms with van der Waals surface area (Å²) in [5.74, 6) is 0.888. The summed E-state index contributed by atoms with van der Waals surface area (Å²) in [6.07, 6.45) is 0.415. The van der Waals surface area contributed by atoms with Crippen molar-refractivity contribution in [2.45, 2.75) is 6.42 Å². The van der Waals surface area contributed by atoms with E-state index in [4.69, 9.17) is 32.7 Å². The zero-order valence-electron chi connectivity index (χ0n) is 11.7. The van der Waals surface area contributed by atoms with Crippen LogP contribution in [0.15, 0.2) is 36.4 Å². The summed E-state index contributed by atoms with van der Waals surface area (Å²) in [6.45, 7) is 0.381. The molecule has 0 amide bonds. The predicted molar refractivity (Wildman–Crippen MR) is 85.2 cm³/mol. The fourth-order valence-electron chi connectivity index (χ4n) is 1.90. The number of methoxy groups -OCH3 is 1. The van der Waals surface area contributed by atoms with Gasteiger partial charge in [-0.3, -0.25) is 10.1 Å². The monoisotopic (exact) mass is 341 g/mol. The highest BCUT2D eigenvalue weighted by molar-refractivity contribution is 6.35. The molecule has 5 nitrogen and oxygen atoms in total. The van der Waals surface area contributed by atoms with Gasteiger partial charge in [0.15, 0.2) is 0 Å². The van der Waals surface area contributed by atoms with E-state index >= 15 is 0 Å². The van der Waals surface area contributed by atoms with Gasteiger partial charge in [0.05, 0.1) is 16.6 Å². The molecule has 0 aliphatic heterocycles. The summed E-state index contributed by atoms with van der Waals surface area (Å²) in [5, 5.41) is 11.9. The Morgan fingerprint density at radius 2 is 1.95 bits per heavy atom. The fraction of sp³-hybridized carbons (Fsp3) is 0.200. The van der Waals surface area contributed by atoms with Gasteiger partial charge in [-0.15, -0.1) is 0 Å². The van der Waals surface area contributed by atoms with Crippen LogP contribution in [0.25, 0.3) is 0 Å². The van der Waals surface area contributed by atoms with E-state index in [-0.39, 0.29) is 5.69 Å². The summed E-state index contributed by atoms with van der Waals surface area (Å²) >= 11 is 11.9. The molecule has 0 radical (unpaired) electrons. The lowest BCUT2D eigenvalue weighted by atomic mass is 10.1. The van der Waals surface area contributed by atoms with Crippen LogP contribution in [0.2, 0.25) is 10.0 Å². The van der Waals surface area contributed by atoms with Crippen molar-refractivity contribution in [3.8, 4) is 11.5 Å². The summed E-state index contributed by atoms with van der Waals surface area (Å²) < 4.78 is 10.6. The lowest BCUT2D eigenvalue weighted by molar-refractivity contribution is -0.385. The van der Waals surface area contributed by atoms with Crippen molar-refractivity contribution in [3.05, 3.63) is 62.1 Å². The zero-order valence-corrected chi connectivity index (χ0v) is 13.2. The number of hydrogen-bond donors (Lipinski definition) is 0.